The lowest BCUT2D eigenvalue weighted by Crippen LogP contribution is -2.29. The lowest BCUT2D eigenvalue weighted by Gasteiger charge is -2.15. The van der Waals surface area contributed by atoms with Crippen molar-refractivity contribution in [1.82, 2.24) is 14.2 Å². The zero-order valence-electron chi connectivity index (χ0n) is 15.6. The van der Waals surface area contributed by atoms with Gasteiger partial charge >= 0.3 is 0 Å². The average Bonchev–Trinajstić information content (AvgIpc) is 3.11. The zero-order chi connectivity index (χ0) is 19.7. The SMILES string of the molecule is COc1cccc(Sc2ccn3nc(C(C)N)n(-c4ccccc4)c(=O)c23)c1. The Labute approximate surface area is 166 Å². The van der Waals surface area contributed by atoms with Crippen LogP contribution >= 0.6 is 11.8 Å². The highest BCUT2D eigenvalue weighted by Crippen LogP contribution is 2.32. The van der Waals surface area contributed by atoms with Gasteiger partial charge in [-0.2, -0.15) is 5.10 Å². The fraction of sp³-hybridized carbons (Fsp3) is 0.143. The fourth-order valence-corrected chi connectivity index (χ4v) is 4.03. The third kappa shape index (κ3) is 3.30. The molecule has 0 saturated carbocycles. The molecule has 6 nitrogen and oxygen atoms in total. The Hall–Kier alpha value is -3.03. The number of ether oxygens (including phenoxy) is 1. The molecule has 0 amide bonds. The minimum Gasteiger partial charge on any atom is -0.497 e. The number of hydrogen-bond donors (Lipinski definition) is 1. The van der Waals surface area contributed by atoms with Gasteiger partial charge in [-0.25, -0.2) is 4.52 Å². The van der Waals surface area contributed by atoms with Gasteiger partial charge in [0, 0.05) is 16.0 Å². The fourth-order valence-electron chi connectivity index (χ4n) is 3.05. The molecule has 1 atom stereocenters. The molecule has 0 aliphatic rings. The minimum atomic E-state index is -0.394. The van der Waals surface area contributed by atoms with Crippen molar-refractivity contribution in [2.45, 2.75) is 22.8 Å². The van der Waals surface area contributed by atoms with E-state index in [0.29, 0.717) is 11.3 Å². The smallest absolute Gasteiger partial charge is 0.283 e. The van der Waals surface area contributed by atoms with Crippen molar-refractivity contribution in [3.05, 3.63) is 83.0 Å². The van der Waals surface area contributed by atoms with Crippen LogP contribution in [0.15, 0.2) is 81.4 Å². The maximum atomic E-state index is 13.5. The molecule has 7 heteroatoms. The first-order valence-electron chi connectivity index (χ1n) is 8.85. The largest absolute Gasteiger partial charge is 0.497 e. The molecule has 1 unspecified atom stereocenters. The first kappa shape index (κ1) is 18.3. The Balaban J connectivity index is 1.90. The van der Waals surface area contributed by atoms with Gasteiger partial charge in [-0.3, -0.25) is 9.36 Å². The summed E-state index contributed by atoms with van der Waals surface area (Å²) in [6, 6.07) is 18.7. The normalized spacial score (nSPS) is 12.2. The second kappa shape index (κ2) is 7.53. The topological polar surface area (TPSA) is 74.5 Å². The number of para-hydroxylation sites is 1. The second-order valence-corrected chi connectivity index (χ2v) is 7.49. The molecule has 2 aromatic heterocycles. The van der Waals surface area contributed by atoms with Gasteiger partial charge in [0.05, 0.1) is 18.8 Å². The summed E-state index contributed by atoms with van der Waals surface area (Å²) < 4.78 is 8.50. The summed E-state index contributed by atoms with van der Waals surface area (Å²) in [4.78, 5) is 15.3. The highest BCUT2D eigenvalue weighted by Gasteiger charge is 2.19. The molecule has 2 N–H and O–H groups in total. The number of benzene rings is 2. The lowest BCUT2D eigenvalue weighted by molar-refractivity contribution is 0.413. The lowest BCUT2D eigenvalue weighted by atomic mass is 10.2. The van der Waals surface area contributed by atoms with E-state index in [4.69, 9.17) is 10.5 Å². The Morgan fingerprint density at radius 2 is 1.89 bits per heavy atom. The molecule has 2 heterocycles. The van der Waals surface area contributed by atoms with E-state index < -0.39 is 6.04 Å². The highest BCUT2D eigenvalue weighted by atomic mass is 32.2. The summed E-state index contributed by atoms with van der Waals surface area (Å²) in [5.41, 5.74) is 7.23. The van der Waals surface area contributed by atoms with Crippen LogP contribution in [-0.4, -0.2) is 21.3 Å². The standard InChI is InChI=1S/C21H20N4O2S/c1-14(22)20-23-24-12-11-18(28-17-10-6-9-16(13-17)27-2)19(24)21(26)25(20)15-7-4-3-5-8-15/h3-14H,22H2,1-2H3. The summed E-state index contributed by atoms with van der Waals surface area (Å²) in [5.74, 6) is 1.28. The second-order valence-electron chi connectivity index (χ2n) is 6.38. The first-order chi connectivity index (χ1) is 13.6. The zero-order valence-corrected chi connectivity index (χ0v) is 16.4. The molecular weight excluding hydrogens is 372 g/mol. The molecule has 4 aromatic rings. The molecule has 0 fully saturated rings. The van der Waals surface area contributed by atoms with E-state index in [1.165, 1.54) is 11.8 Å². The van der Waals surface area contributed by atoms with Crippen LogP contribution in [0.25, 0.3) is 11.2 Å². The quantitative estimate of drug-likeness (QED) is 0.561. The monoisotopic (exact) mass is 392 g/mol. The van der Waals surface area contributed by atoms with Crippen molar-refractivity contribution in [2.75, 3.05) is 7.11 Å². The van der Waals surface area contributed by atoms with Crippen molar-refractivity contribution < 1.29 is 4.74 Å². The molecular formula is C21H20N4O2S. The van der Waals surface area contributed by atoms with Crippen LogP contribution in [0.1, 0.15) is 18.8 Å². The van der Waals surface area contributed by atoms with Gasteiger partial charge < -0.3 is 10.5 Å². The summed E-state index contributed by atoms with van der Waals surface area (Å²) in [6.07, 6.45) is 1.79. The summed E-state index contributed by atoms with van der Waals surface area (Å²) in [6.45, 7) is 1.82. The molecule has 0 bridgehead atoms. The molecule has 0 aliphatic carbocycles. The number of rotatable bonds is 5. The van der Waals surface area contributed by atoms with Crippen LogP contribution in [0.2, 0.25) is 0 Å². The van der Waals surface area contributed by atoms with Crippen molar-refractivity contribution in [2.24, 2.45) is 5.73 Å². The van der Waals surface area contributed by atoms with Gasteiger partial charge in [-0.1, -0.05) is 36.0 Å². The molecule has 0 aliphatic heterocycles. The van der Waals surface area contributed by atoms with E-state index in [9.17, 15) is 4.79 Å². The van der Waals surface area contributed by atoms with E-state index in [1.54, 1.807) is 22.4 Å². The van der Waals surface area contributed by atoms with E-state index in [2.05, 4.69) is 5.10 Å². The van der Waals surface area contributed by atoms with Crippen molar-refractivity contribution in [3.63, 3.8) is 0 Å². The Bertz CT molecular complexity index is 1180. The van der Waals surface area contributed by atoms with Gasteiger partial charge in [0.2, 0.25) is 0 Å². The molecule has 0 saturated heterocycles. The van der Waals surface area contributed by atoms with Gasteiger partial charge in [-0.05, 0) is 43.3 Å². The molecule has 142 valence electrons. The third-order valence-corrected chi connectivity index (χ3v) is 5.40. The van der Waals surface area contributed by atoms with E-state index >= 15 is 0 Å². The number of nitrogens with zero attached hydrogens (tertiary/aromatic N) is 3. The molecule has 28 heavy (non-hydrogen) atoms. The van der Waals surface area contributed by atoms with Crippen LogP contribution in [0.4, 0.5) is 0 Å². The predicted octanol–water partition coefficient (Wildman–Crippen LogP) is 3.66. The van der Waals surface area contributed by atoms with Crippen LogP contribution < -0.4 is 16.0 Å². The number of nitrogens with two attached hydrogens (primary N) is 1. The first-order valence-corrected chi connectivity index (χ1v) is 9.67. The van der Waals surface area contributed by atoms with Crippen molar-refractivity contribution >= 4 is 17.3 Å². The van der Waals surface area contributed by atoms with Gasteiger partial charge in [0.1, 0.15) is 11.3 Å². The maximum Gasteiger partial charge on any atom is 0.283 e. The number of methoxy groups -OCH3 is 1. The van der Waals surface area contributed by atoms with Gasteiger partial charge in [0.15, 0.2) is 5.82 Å². The van der Waals surface area contributed by atoms with E-state index in [0.717, 1.165) is 21.2 Å². The van der Waals surface area contributed by atoms with Crippen LogP contribution in [0.5, 0.6) is 5.75 Å². The predicted molar refractivity (Wildman–Crippen MR) is 111 cm³/mol. The van der Waals surface area contributed by atoms with Gasteiger partial charge in [0.25, 0.3) is 5.56 Å². The average molecular weight is 392 g/mol. The molecule has 4 rings (SSSR count). The Morgan fingerprint density at radius 3 is 2.61 bits per heavy atom. The third-order valence-electron chi connectivity index (χ3n) is 4.37. The number of hydrogen-bond acceptors (Lipinski definition) is 5. The summed E-state index contributed by atoms with van der Waals surface area (Å²) in [7, 11) is 1.63. The van der Waals surface area contributed by atoms with Crippen molar-refractivity contribution in [3.8, 4) is 11.4 Å². The Kier molecular flexibility index (Phi) is 4.93. The Morgan fingerprint density at radius 1 is 1.11 bits per heavy atom. The minimum absolute atomic E-state index is 0.149. The molecule has 0 spiro atoms. The van der Waals surface area contributed by atoms with E-state index in [1.807, 2.05) is 67.6 Å². The number of fused-ring (bicyclic) bond motifs is 1. The van der Waals surface area contributed by atoms with Gasteiger partial charge in [-0.15, -0.1) is 0 Å². The summed E-state index contributed by atoms with van der Waals surface area (Å²) in [5, 5.41) is 4.62. The number of aromatic nitrogens is 3. The van der Waals surface area contributed by atoms with E-state index in [-0.39, 0.29) is 5.56 Å². The van der Waals surface area contributed by atoms with Crippen LogP contribution in [-0.2, 0) is 0 Å². The summed E-state index contributed by atoms with van der Waals surface area (Å²) >= 11 is 1.50. The maximum absolute atomic E-state index is 13.5. The molecule has 0 radical (unpaired) electrons. The van der Waals surface area contributed by atoms with Crippen molar-refractivity contribution in [1.29, 1.82) is 0 Å². The van der Waals surface area contributed by atoms with Crippen LogP contribution in [0, 0.1) is 0 Å². The molecule has 2 aromatic carbocycles. The highest BCUT2D eigenvalue weighted by molar-refractivity contribution is 7.99. The van der Waals surface area contributed by atoms with Crippen LogP contribution in [0.3, 0.4) is 0 Å².